The van der Waals surface area contributed by atoms with Crippen molar-refractivity contribution in [3.05, 3.63) is 35.9 Å². The second-order valence-corrected chi connectivity index (χ2v) is 11.9. The lowest BCUT2D eigenvalue weighted by atomic mass is 10.0. The molecule has 0 spiro atoms. The quantitative estimate of drug-likeness (QED) is 0.373. The number of hydrogen-bond donors (Lipinski definition) is 3. The second kappa shape index (κ2) is 14.1. The first-order valence-corrected chi connectivity index (χ1v) is 13.7. The summed E-state index contributed by atoms with van der Waals surface area (Å²) >= 11 is 0. The van der Waals surface area contributed by atoms with Crippen molar-refractivity contribution in [1.82, 2.24) is 20.9 Å². The van der Waals surface area contributed by atoms with Crippen molar-refractivity contribution in [2.24, 2.45) is 0 Å². The highest BCUT2D eigenvalue weighted by molar-refractivity contribution is 5.93. The number of amides is 4. The van der Waals surface area contributed by atoms with E-state index in [1.807, 2.05) is 30.3 Å². The molecule has 0 saturated carbocycles. The molecule has 3 atom stereocenters. The predicted octanol–water partition coefficient (Wildman–Crippen LogP) is 2.47. The molecule has 11 nitrogen and oxygen atoms in total. The fraction of sp³-hybridized carbons (Fsp3) is 0.621. The van der Waals surface area contributed by atoms with Crippen LogP contribution in [-0.4, -0.2) is 77.6 Å². The Balaban J connectivity index is 2.25. The molecule has 1 aromatic rings. The SMILES string of the molecule is CNC(=O)CC[C@H](NC(=O)[C@H](Cc1ccccc1)NC(=O)[C@@H]1CCCN1C(=O)OC(C)(C)C)C(=O)OC(C)(C)C. The minimum atomic E-state index is -1.11. The minimum Gasteiger partial charge on any atom is -0.458 e. The Morgan fingerprint density at radius 2 is 1.55 bits per heavy atom. The predicted molar refractivity (Wildman–Crippen MR) is 149 cm³/mol. The van der Waals surface area contributed by atoms with Gasteiger partial charge in [0.15, 0.2) is 0 Å². The van der Waals surface area contributed by atoms with E-state index < -0.39 is 53.2 Å². The van der Waals surface area contributed by atoms with Crippen LogP contribution in [0.5, 0.6) is 0 Å². The molecular weight excluding hydrogens is 516 g/mol. The summed E-state index contributed by atoms with van der Waals surface area (Å²) in [5, 5.41) is 7.98. The van der Waals surface area contributed by atoms with Gasteiger partial charge >= 0.3 is 12.1 Å². The van der Waals surface area contributed by atoms with Crippen LogP contribution in [0.2, 0.25) is 0 Å². The molecule has 1 aliphatic heterocycles. The van der Waals surface area contributed by atoms with Crippen LogP contribution in [-0.2, 0) is 35.1 Å². The van der Waals surface area contributed by atoms with Gasteiger partial charge in [-0.3, -0.25) is 19.3 Å². The van der Waals surface area contributed by atoms with Crippen LogP contribution in [0.15, 0.2) is 30.3 Å². The molecule has 0 radical (unpaired) electrons. The van der Waals surface area contributed by atoms with Gasteiger partial charge in [-0.1, -0.05) is 30.3 Å². The molecule has 1 heterocycles. The normalized spacial score (nSPS) is 16.9. The summed E-state index contributed by atoms with van der Waals surface area (Å²) in [6.45, 7) is 10.7. The van der Waals surface area contributed by atoms with Crippen LogP contribution >= 0.6 is 0 Å². The smallest absolute Gasteiger partial charge is 0.410 e. The molecule has 1 saturated heterocycles. The Morgan fingerprint density at radius 1 is 0.925 bits per heavy atom. The largest absolute Gasteiger partial charge is 0.458 e. The zero-order chi connectivity index (χ0) is 30.1. The van der Waals surface area contributed by atoms with Crippen molar-refractivity contribution >= 4 is 29.8 Å². The van der Waals surface area contributed by atoms with Gasteiger partial charge in [0.25, 0.3) is 0 Å². The Morgan fingerprint density at radius 3 is 2.12 bits per heavy atom. The van der Waals surface area contributed by atoms with Crippen LogP contribution in [0.1, 0.15) is 72.8 Å². The van der Waals surface area contributed by atoms with Gasteiger partial charge in [-0.05, 0) is 66.4 Å². The highest BCUT2D eigenvalue weighted by Crippen LogP contribution is 2.21. The van der Waals surface area contributed by atoms with Gasteiger partial charge in [0.1, 0.15) is 29.3 Å². The number of nitrogens with zero attached hydrogens (tertiary/aromatic N) is 1. The highest BCUT2D eigenvalue weighted by Gasteiger charge is 2.38. The van der Waals surface area contributed by atoms with E-state index in [2.05, 4.69) is 16.0 Å². The van der Waals surface area contributed by atoms with Crippen LogP contribution in [0.3, 0.4) is 0 Å². The number of esters is 1. The third kappa shape index (κ3) is 10.9. The highest BCUT2D eigenvalue weighted by atomic mass is 16.6. The standard InChI is InChI=1S/C29H44N4O7/c1-28(2,3)39-26(37)20(15-16-23(34)30-7)31-24(35)21(18-19-12-9-8-10-13-19)32-25(36)22-14-11-17-33(22)27(38)40-29(4,5)6/h8-10,12-13,20-22H,11,14-18H2,1-7H3,(H,30,34)(H,31,35)(H,32,36)/t20-,21-,22-/m0/s1. The van der Waals surface area contributed by atoms with Crippen LogP contribution in [0.4, 0.5) is 4.79 Å². The monoisotopic (exact) mass is 560 g/mol. The molecule has 1 aliphatic rings. The molecule has 0 unspecified atom stereocenters. The Kier molecular flexibility index (Phi) is 11.5. The third-order valence-electron chi connectivity index (χ3n) is 6.05. The number of benzene rings is 1. The molecule has 4 amide bonds. The summed E-state index contributed by atoms with van der Waals surface area (Å²) in [4.78, 5) is 65.9. The Bertz CT molecular complexity index is 1050. The average molecular weight is 561 g/mol. The molecule has 2 rings (SSSR count). The summed E-state index contributed by atoms with van der Waals surface area (Å²) in [5.41, 5.74) is -0.738. The zero-order valence-electron chi connectivity index (χ0n) is 24.7. The Hall–Kier alpha value is -3.63. The van der Waals surface area contributed by atoms with Gasteiger partial charge < -0.3 is 25.4 Å². The molecule has 0 aliphatic carbocycles. The number of nitrogens with one attached hydrogen (secondary N) is 3. The topological polar surface area (TPSA) is 143 Å². The molecule has 1 fully saturated rings. The first-order valence-electron chi connectivity index (χ1n) is 13.7. The molecule has 11 heteroatoms. The lowest BCUT2D eigenvalue weighted by Gasteiger charge is -2.29. The number of rotatable bonds is 10. The zero-order valence-corrected chi connectivity index (χ0v) is 24.7. The second-order valence-electron chi connectivity index (χ2n) is 11.9. The maximum absolute atomic E-state index is 13.6. The van der Waals surface area contributed by atoms with E-state index in [1.54, 1.807) is 41.5 Å². The summed E-state index contributed by atoms with van der Waals surface area (Å²) in [6.07, 6.45) is 0.608. The van der Waals surface area contributed by atoms with Crippen LogP contribution in [0.25, 0.3) is 0 Å². The summed E-state index contributed by atoms with van der Waals surface area (Å²) in [7, 11) is 1.48. The number of hydrogen-bond acceptors (Lipinski definition) is 7. The van der Waals surface area contributed by atoms with Gasteiger partial charge in [-0.25, -0.2) is 9.59 Å². The molecule has 222 valence electrons. The minimum absolute atomic E-state index is 0.0106. The molecule has 0 bridgehead atoms. The number of carbonyl (C=O) groups is 5. The first-order chi connectivity index (χ1) is 18.6. The Labute approximate surface area is 236 Å². The lowest BCUT2D eigenvalue weighted by Crippen LogP contribution is -2.56. The van der Waals surface area contributed by atoms with Crippen molar-refractivity contribution < 1.29 is 33.4 Å². The molecular formula is C29H44N4O7. The summed E-state index contributed by atoms with van der Waals surface area (Å²) in [5.74, 6) is -2.06. The van der Waals surface area contributed by atoms with E-state index in [4.69, 9.17) is 9.47 Å². The third-order valence-corrected chi connectivity index (χ3v) is 6.05. The van der Waals surface area contributed by atoms with Gasteiger partial charge in [-0.15, -0.1) is 0 Å². The van der Waals surface area contributed by atoms with Crippen LogP contribution < -0.4 is 16.0 Å². The fourth-order valence-corrected chi connectivity index (χ4v) is 4.20. The summed E-state index contributed by atoms with van der Waals surface area (Å²) < 4.78 is 10.9. The molecule has 1 aromatic carbocycles. The van der Waals surface area contributed by atoms with Gasteiger partial charge in [0.2, 0.25) is 17.7 Å². The van der Waals surface area contributed by atoms with Crippen LogP contribution in [0, 0.1) is 0 Å². The lowest BCUT2D eigenvalue weighted by molar-refractivity contribution is -0.159. The maximum atomic E-state index is 13.6. The van der Waals surface area contributed by atoms with Crippen molar-refractivity contribution in [3.8, 4) is 0 Å². The van der Waals surface area contributed by atoms with Crippen molar-refractivity contribution in [2.45, 2.75) is 103 Å². The molecule has 3 N–H and O–H groups in total. The van der Waals surface area contributed by atoms with E-state index in [0.717, 1.165) is 5.56 Å². The van der Waals surface area contributed by atoms with Gasteiger partial charge in [0.05, 0.1) is 0 Å². The van der Waals surface area contributed by atoms with E-state index in [-0.39, 0.29) is 25.2 Å². The average Bonchev–Trinajstić information content (AvgIpc) is 3.35. The van der Waals surface area contributed by atoms with Crippen molar-refractivity contribution in [2.75, 3.05) is 13.6 Å². The molecule has 0 aromatic heterocycles. The van der Waals surface area contributed by atoms with E-state index >= 15 is 0 Å². The maximum Gasteiger partial charge on any atom is 0.410 e. The van der Waals surface area contributed by atoms with E-state index in [0.29, 0.717) is 19.4 Å². The van der Waals surface area contributed by atoms with E-state index in [9.17, 15) is 24.0 Å². The number of likely N-dealkylation sites (tertiary alicyclic amines) is 1. The number of ether oxygens (including phenoxy) is 2. The fourth-order valence-electron chi connectivity index (χ4n) is 4.20. The summed E-state index contributed by atoms with van der Waals surface area (Å²) in [6, 6.07) is 6.17. The number of carbonyl (C=O) groups excluding carboxylic acids is 5. The van der Waals surface area contributed by atoms with Crippen molar-refractivity contribution in [3.63, 3.8) is 0 Å². The first kappa shape index (κ1) is 32.6. The van der Waals surface area contributed by atoms with Gasteiger partial charge in [0, 0.05) is 26.4 Å². The molecule has 40 heavy (non-hydrogen) atoms. The van der Waals surface area contributed by atoms with Gasteiger partial charge in [-0.2, -0.15) is 0 Å². The van der Waals surface area contributed by atoms with E-state index in [1.165, 1.54) is 11.9 Å². The van der Waals surface area contributed by atoms with Crippen molar-refractivity contribution in [1.29, 1.82) is 0 Å².